The number of carbonyl (C=O) groups is 1. The number of rotatable bonds is 6. The Hall–Kier alpha value is -2.48. The van der Waals surface area contributed by atoms with Crippen molar-refractivity contribution in [3.05, 3.63) is 49.8 Å². The van der Waals surface area contributed by atoms with Crippen LogP contribution in [-0.4, -0.2) is 21.0 Å². The number of pyridine rings is 1. The van der Waals surface area contributed by atoms with Crippen LogP contribution in [0.3, 0.4) is 0 Å². The summed E-state index contributed by atoms with van der Waals surface area (Å²) in [5, 5.41) is 22.7. The Balaban J connectivity index is 2.22. The highest BCUT2D eigenvalue weighted by Crippen LogP contribution is 2.24. The average Bonchev–Trinajstić information content (AvgIpc) is 2.92. The molecule has 21 heavy (non-hydrogen) atoms. The molecule has 0 aliphatic heterocycles. The molecule has 2 heterocycles. The van der Waals surface area contributed by atoms with Gasteiger partial charge in [-0.05, 0) is 24.6 Å². The predicted octanol–water partition coefficient (Wildman–Crippen LogP) is 2.92. The van der Waals surface area contributed by atoms with E-state index in [1.807, 2.05) is 19.1 Å². The Morgan fingerprint density at radius 1 is 1.38 bits per heavy atom. The van der Waals surface area contributed by atoms with Crippen molar-refractivity contribution >= 4 is 28.8 Å². The van der Waals surface area contributed by atoms with Gasteiger partial charge in [0.25, 0.3) is 0 Å². The zero-order valence-corrected chi connectivity index (χ0v) is 12.0. The first kappa shape index (κ1) is 14.9. The molecular weight excluding hydrogens is 294 g/mol. The number of aromatic carboxylic acids is 1. The highest BCUT2D eigenvalue weighted by Gasteiger charge is 2.18. The van der Waals surface area contributed by atoms with E-state index in [9.17, 15) is 14.9 Å². The Labute approximate surface area is 124 Å². The number of aromatic nitrogens is 1. The van der Waals surface area contributed by atoms with Gasteiger partial charge in [0.2, 0.25) is 5.82 Å². The Morgan fingerprint density at radius 3 is 2.67 bits per heavy atom. The number of aryl methyl sites for hydroxylation is 1. The highest BCUT2D eigenvalue weighted by molar-refractivity contribution is 7.12. The molecule has 0 saturated carbocycles. The lowest BCUT2D eigenvalue weighted by atomic mass is 10.3. The summed E-state index contributed by atoms with van der Waals surface area (Å²) in [5.41, 5.74) is -0.476. The van der Waals surface area contributed by atoms with Gasteiger partial charge in [0.1, 0.15) is 0 Å². The first-order chi connectivity index (χ1) is 10.0. The van der Waals surface area contributed by atoms with E-state index in [1.165, 1.54) is 4.88 Å². The summed E-state index contributed by atoms with van der Waals surface area (Å²) in [6.07, 6.45) is 0.928. The quantitative estimate of drug-likeness (QED) is 0.628. The third-order valence-electron chi connectivity index (χ3n) is 2.79. The molecule has 0 aliphatic rings. The van der Waals surface area contributed by atoms with Crippen LogP contribution in [0.5, 0.6) is 0 Å². The van der Waals surface area contributed by atoms with Crippen LogP contribution in [0.25, 0.3) is 0 Å². The summed E-state index contributed by atoms with van der Waals surface area (Å²) in [5.74, 6) is -1.26. The molecule has 0 amide bonds. The molecule has 7 nitrogen and oxygen atoms in total. The van der Waals surface area contributed by atoms with Crippen molar-refractivity contribution in [1.29, 1.82) is 0 Å². The molecule has 2 N–H and O–H groups in total. The van der Waals surface area contributed by atoms with E-state index in [0.29, 0.717) is 6.54 Å². The minimum Gasteiger partial charge on any atom is -0.477 e. The molecule has 0 unspecified atom stereocenters. The number of nitrogens with zero attached hydrogens (tertiary/aromatic N) is 2. The van der Waals surface area contributed by atoms with Crippen LogP contribution in [0, 0.1) is 10.1 Å². The Morgan fingerprint density at radius 2 is 2.10 bits per heavy atom. The highest BCUT2D eigenvalue weighted by atomic mass is 32.1. The SMILES string of the molecule is CCc1ccc(CNc2nc(C(=O)O)ccc2[N+](=O)[O-])s1. The number of anilines is 1. The fourth-order valence-corrected chi connectivity index (χ4v) is 2.62. The summed E-state index contributed by atoms with van der Waals surface area (Å²) in [6.45, 7) is 2.41. The number of thiophene rings is 1. The molecule has 2 aromatic heterocycles. The van der Waals surface area contributed by atoms with Crippen molar-refractivity contribution in [3.8, 4) is 0 Å². The van der Waals surface area contributed by atoms with Gasteiger partial charge in [-0.1, -0.05) is 6.92 Å². The maximum Gasteiger partial charge on any atom is 0.354 e. The standard InChI is InChI=1S/C13H13N3O4S/c1-2-8-3-4-9(21-8)7-14-12-11(16(19)20)6-5-10(15-12)13(17)18/h3-6H,2,7H2,1H3,(H,14,15)(H,17,18). The molecule has 0 aliphatic carbocycles. The Bertz CT molecular complexity index is 684. The van der Waals surface area contributed by atoms with Crippen molar-refractivity contribution in [2.24, 2.45) is 0 Å². The van der Waals surface area contributed by atoms with Gasteiger partial charge < -0.3 is 10.4 Å². The first-order valence-electron chi connectivity index (χ1n) is 6.21. The van der Waals surface area contributed by atoms with Gasteiger partial charge in [0, 0.05) is 15.8 Å². The minimum atomic E-state index is -1.22. The number of nitro groups is 1. The summed E-state index contributed by atoms with van der Waals surface area (Å²) >= 11 is 1.60. The fourth-order valence-electron chi connectivity index (χ4n) is 1.73. The third kappa shape index (κ3) is 3.54. The number of hydrogen-bond donors (Lipinski definition) is 2. The van der Waals surface area contributed by atoms with Gasteiger partial charge in [-0.15, -0.1) is 11.3 Å². The van der Waals surface area contributed by atoms with Gasteiger partial charge in [0.15, 0.2) is 5.69 Å². The molecule has 2 rings (SSSR count). The lowest BCUT2D eigenvalue weighted by molar-refractivity contribution is -0.384. The summed E-state index contributed by atoms with van der Waals surface area (Å²) in [7, 11) is 0. The zero-order chi connectivity index (χ0) is 15.4. The number of carboxylic acid groups (broad SMARTS) is 1. The molecule has 8 heteroatoms. The maximum atomic E-state index is 10.9. The normalized spacial score (nSPS) is 10.3. The van der Waals surface area contributed by atoms with Crippen LogP contribution < -0.4 is 5.32 Å². The summed E-state index contributed by atoms with van der Waals surface area (Å²) < 4.78 is 0. The van der Waals surface area contributed by atoms with E-state index < -0.39 is 10.9 Å². The monoisotopic (exact) mass is 307 g/mol. The molecule has 0 saturated heterocycles. The van der Waals surface area contributed by atoms with Crippen molar-refractivity contribution in [3.63, 3.8) is 0 Å². The molecule has 0 spiro atoms. The fraction of sp³-hybridized carbons (Fsp3) is 0.231. The number of hydrogen-bond acceptors (Lipinski definition) is 6. The maximum absolute atomic E-state index is 10.9. The molecule has 0 aromatic carbocycles. The second kappa shape index (κ2) is 6.31. The van der Waals surface area contributed by atoms with Crippen LogP contribution in [-0.2, 0) is 13.0 Å². The summed E-state index contributed by atoms with van der Waals surface area (Å²) in [6, 6.07) is 6.19. The second-order valence-electron chi connectivity index (χ2n) is 4.20. The van der Waals surface area contributed by atoms with Gasteiger partial charge in [0.05, 0.1) is 11.5 Å². The van der Waals surface area contributed by atoms with Crippen LogP contribution >= 0.6 is 11.3 Å². The van der Waals surface area contributed by atoms with E-state index >= 15 is 0 Å². The van der Waals surface area contributed by atoms with Crippen LogP contribution in [0.1, 0.15) is 27.2 Å². The topological polar surface area (TPSA) is 105 Å². The summed E-state index contributed by atoms with van der Waals surface area (Å²) in [4.78, 5) is 27.3. The molecule has 0 bridgehead atoms. The second-order valence-corrected chi connectivity index (χ2v) is 5.45. The predicted molar refractivity (Wildman–Crippen MR) is 78.9 cm³/mol. The van der Waals surface area contributed by atoms with E-state index in [0.717, 1.165) is 23.4 Å². The molecule has 0 atom stereocenters. The van der Waals surface area contributed by atoms with Gasteiger partial charge in [-0.3, -0.25) is 10.1 Å². The number of carboxylic acids is 1. The van der Waals surface area contributed by atoms with Crippen molar-refractivity contribution < 1.29 is 14.8 Å². The minimum absolute atomic E-state index is 0.0358. The van der Waals surface area contributed by atoms with Crippen LogP contribution in [0.2, 0.25) is 0 Å². The van der Waals surface area contributed by atoms with Gasteiger partial charge in [-0.25, -0.2) is 9.78 Å². The van der Waals surface area contributed by atoms with E-state index in [2.05, 4.69) is 10.3 Å². The van der Waals surface area contributed by atoms with Gasteiger partial charge in [-0.2, -0.15) is 0 Å². The van der Waals surface area contributed by atoms with E-state index in [4.69, 9.17) is 5.11 Å². The zero-order valence-electron chi connectivity index (χ0n) is 11.2. The number of nitrogens with one attached hydrogen (secondary N) is 1. The van der Waals surface area contributed by atoms with Crippen molar-refractivity contribution in [2.45, 2.75) is 19.9 Å². The molecule has 0 radical (unpaired) electrons. The van der Waals surface area contributed by atoms with E-state index in [1.54, 1.807) is 11.3 Å². The smallest absolute Gasteiger partial charge is 0.354 e. The van der Waals surface area contributed by atoms with E-state index in [-0.39, 0.29) is 17.2 Å². The lowest BCUT2D eigenvalue weighted by Crippen LogP contribution is -2.08. The molecule has 110 valence electrons. The largest absolute Gasteiger partial charge is 0.477 e. The van der Waals surface area contributed by atoms with Gasteiger partial charge >= 0.3 is 11.7 Å². The van der Waals surface area contributed by atoms with Crippen molar-refractivity contribution in [1.82, 2.24) is 4.98 Å². The average molecular weight is 307 g/mol. The van der Waals surface area contributed by atoms with Crippen LogP contribution in [0.15, 0.2) is 24.3 Å². The van der Waals surface area contributed by atoms with Crippen LogP contribution in [0.4, 0.5) is 11.5 Å². The molecule has 2 aromatic rings. The Kier molecular flexibility index (Phi) is 4.49. The molecule has 0 fully saturated rings. The molecular formula is C13H13N3O4S. The lowest BCUT2D eigenvalue weighted by Gasteiger charge is -2.05. The van der Waals surface area contributed by atoms with Crippen molar-refractivity contribution in [2.75, 3.05) is 5.32 Å². The third-order valence-corrected chi connectivity index (χ3v) is 4.02. The first-order valence-corrected chi connectivity index (χ1v) is 7.03.